The van der Waals surface area contributed by atoms with Gasteiger partial charge in [0.1, 0.15) is 5.54 Å². The number of hydrogen-bond acceptors (Lipinski definition) is 3. The smallest absolute Gasteiger partial charge is 0.323 e. The molecule has 3 atom stereocenters. The van der Waals surface area contributed by atoms with Crippen LogP contribution >= 0.6 is 0 Å². The van der Waals surface area contributed by atoms with Crippen LogP contribution in [0.5, 0.6) is 0 Å². The maximum atomic E-state index is 11.6. The van der Waals surface area contributed by atoms with Crippen molar-refractivity contribution in [3.63, 3.8) is 0 Å². The van der Waals surface area contributed by atoms with E-state index in [0.717, 1.165) is 25.4 Å². The fourth-order valence-electron chi connectivity index (χ4n) is 3.43. The van der Waals surface area contributed by atoms with E-state index in [1.165, 1.54) is 12.8 Å². The van der Waals surface area contributed by atoms with Gasteiger partial charge in [-0.3, -0.25) is 4.79 Å². The van der Waals surface area contributed by atoms with E-state index in [1.54, 1.807) is 0 Å². The first-order valence-corrected chi connectivity index (χ1v) is 8.17. The highest BCUT2D eigenvalue weighted by Crippen LogP contribution is 2.24. The summed E-state index contributed by atoms with van der Waals surface area (Å²) in [7, 11) is 0. The van der Waals surface area contributed by atoms with Crippen LogP contribution in [0.15, 0.2) is 0 Å². The van der Waals surface area contributed by atoms with Gasteiger partial charge in [-0.25, -0.2) is 0 Å². The first-order valence-electron chi connectivity index (χ1n) is 8.17. The third-order valence-corrected chi connectivity index (χ3v) is 4.85. The summed E-state index contributed by atoms with van der Waals surface area (Å²) in [5, 5.41) is 12.7. The lowest BCUT2D eigenvalue weighted by atomic mass is 9.89. The molecule has 1 saturated heterocycles. The molecule has 0 saturated carbocycles. The summed E-state index contributed by atoms with van der Waals surface area (Å²) in [6.45, 7) is 11.4. The number of nitrogens with zero attached hydrogens (tertiary/aromatic N) is 1. The Balaban J connectivity index is 2.46. The van der Waals surface area contributed by atoms with Crippen LogP contribution in [0.3, 0.4) is 0 Å². The van der Waals surface area contributed by atoms with Crippen molar-refractivity contribution in [3.8, 4) is 0 Å². The molecule has 0 spiro atoms. The van der Waals surface area contributed by atoms with Crippen molar-refractivity contribution in [2.24, 2.45) is 5.92 Å². The molecule has 1 heterocycles. The van der Waals surface area contributed by atoms with Crippen LogP contribution in [-0.2, 0) is 4.79 Å². The predicted octanol–water partition coefficient (Wildman–Crippen LogP) is 2.73. The van der Waals surface area contributed by atoms with E-state index in [2.05, 4.69) is 24.1 Å². The Hall–Kier alpha value is -0.610. The van der Waals surface area contributed by atoms with E-state index in [-0.39, 0.29) is 0 Å². The van der Waals surface area contributed by atoms with E-state index in [1.807, 2.05) is 13.8 Å². The van der Waals surface area contributed by atoms with Crippen LogP contribution in [0.25, 0.3) is 0 Å². The monoisotopic (exact) mass is 284 g/mol. The fourth-order valence-corrected chi connectivity index (χ4v) is 3.43. The third-order valence-electron chi connectivity index (χ3n) is 4.85. The molecule has 4 nitrogen and oxygen atoms in total. The van der Waals surface area contributed by atoms with Crippen molar-refractivity contribution >= 4 is 5.97 Å². The zero-order chi connectivity index (χ0) is 15.2. The van der Waals surface area contributed by atoms with Crippen LogP contribution in [0.4, 0.5) is 0 Å². The Morgan fingerprint density at radius 2 is 2.10 bits per heavy atom. The van der Waals surface area contributed by atoms with Crippen LogP contribution in [0.2, 0.25) is 0 Å². The fraction of sp³-hybridized carbons (Fsp3) is 0.938. The maximum Gasteiger partial charge on any atom is 0.323 e. The Morgan fingerprint density at radius 1 is 1.40 bits per heavy atom. The molecule has 0 bridgehead atoms. The molecule has 2 N–H and O–H groups in total. The van der Waals surface area contributed by atoms with Gasteiger partial charge in [0.15, 0.2) is 0 Å². The molecule has 0 aromatic carbocycles. The number of likely N-dealkylation sites (N-methyl/N-ethyl adjacent to an activating group) is 1. The lowest BCUT2D eigenvalue weighted by Crippen LogP contribution is -2.52. The first kappa shape index (κ1) is 17.4. The van der Waals surface area contributed by atoms with Gasteiger partial charge >= 0.3 is 5.97 Å². The van der Waals surface area contributed by atoms with Crippen molar-refractivity contribution in [2.75, 3.05) is 19.6 Å². The number of nitrogens with one attached hydrogen (secondary N) is 1. The highest BCUT2D eigenvalue weighted by molar-refractivity contribution is 5.78. The molecular weight excluding hydrogens is 252 g/mol. The van der Waals surface area contributed by atoms with E-state index in [0.29, 0.717) is 25.4 Å². The number of carboxylic acid groups (broad SMARTS) is 1. The highest BCUT2D eigenvalue weighted by Gasteiger charge is 2.35. The normalized spacial score (nSPS) is 27.2. The summed E-state index contributed by atoms with van der Waals surface area (Å²) >= 11 is 0. The van der Waals surface area contributed by atoms with Crippen LogP contribution in [0.1, 0.15) is 59.8 Å². The highest BCUT2D eigenvalue weighted by atomic mass is 16.4. The zero-order valence-corrected chi connectivity index (χ0v) is 13.6. The molecule has 3 unspecified atom stereocenters. The SMILES string of the molecule is CCNC(CC)(CCCN1CCC(C)CC1C)C(=O)O. The van der Waals surface area contributed by atoms with Crippen LogP contribution in [-0.4, -0.2) is 47.2 Å². The summed E-state index contributed by atoms with van der Waals surface area (Å²) in [6, 6.07) is 0.638. The van der Waals surface area contributed by atoms with Crippen LogP contribution < -0.4 is 5.32 Å². The number of likely N-dealkylation sites (tertiary alicyclic amines) is 1. The number of aliphatic carboxylic acids is 1. The Labute approximate surface area is 123 Å². The van der Waals surface area contributed by atoms with Gasteiger partial charge in [-0.05, 0) is 64.6 Å². The zero-order valence-electron chi connectivity index (χ0n) is 13.6. The average Bonchev–Trinajstić information content (AvgIpc) is 2.39. The minimum atomic E-state index is -0.735. The van der Waals surface area contributed by atoms with Gasteiger partial charge in [0.2, 0.25) is 0 Å². The molecule has 0 aromatic rings. The van der Waals surface area contributed by atoms with Gasteiger partial charge < -0.3 is 15.3 Å². The Bertz CT molecular complexity index is 309. The first-order chi connectivity index (χ1) is 9.45. The maximum absolute atomic E-state index is 11.6. The summed E-state index contributed by atoms with van der Waals surface area (Å²) in [5.74, 6) is 0.124. The molecule has 0 aliphatic carbocycles. The van der Waals surface area contributed by atoms with E-state index in [4.69, 9.17) is 0 Å². The number of carboxylic acids is 1. The minimum absolute atomic E-state index is 0.638. The Morgan fingerprint density at radius 3 is 2.60 bits per heavy atom. The quantitative estimate of drug-likeness (QED) is 0.719. The van der Waals surface area contributed by atoms with Crippen molar-refractivity contribution in [2.45, 2.75) is 71.4 Å². The standard InChI is InChI=1S/C16H32N2O2/c1-5-16(15(19)20,17-6-2)9-7-10-18-11-8-13(3)12-14(18)4/h13-14,17H,5-12H2,1-4H3,(H,19,20). The topological polar surface area (TPSA) is 52.6 Å². The number of rotatable bonds is 8. The number of carbonyl (C=O) groups is 1. The molecule has 0 amide bonds. The third kappa shape index (κ3) is 4.45. The van der Waals surface area contributed by atoms with E-state index in [9.17, 15) is 9.90 Å². The number of piperidine rings is 1. The van der Waals surface area contributed by atoms with Gasteiger partial charge in [-0.2, -0.15) is 0 Å². The summed E-state index contributed by atoms with van der Waals surface area (Å²) in [5.41, 5.74) is -0.735. The van der Waals surface area contributed by atoms with Gasteiger partial charge in [-0.15, -0.1) is 0 Å². The molecule has 1 aliphatic rings. The second kappa shape index (κ2) is 7.99. The number of hydrogen-bond donors (Lipinski definition) is 2. The summed E-state index contributed by atoms with van der Waals surface area (Å²) < 4.78 is 0. The molecular formula is C16H32N2O2. The van der Waals surface area contributed by atoms with Gasteiger partial charge in [0.05, 0.1) is 0 Å². The molecule has 1 fully saturated rings. The largest absolute Gasteiger partial charge is 0.480 e. The van der Waals surface area contributed by atoms with E-state index >= 15 is 0 Å². The van der Waals surface area contributed by atoms with Gasteiger partial charge in [0.25, 0.3) is 0 Å². The Kier molecular flexibility index (Phi) is 6.96. The second-order valence-corrected chi connectivity index (χ2v) is 6.39. The van der Waals surface area contributed by atoms with Gasteiger partial charge in [-0.1, -0.05) is 20.8 Å². The van der Waals surface area contributed by atoms with Crippen molar-refractivity contribution < 1.29 is 9.90 Å². The summed E-state index contributed by atoms with van der Waals surface area (Å²) in [4.78, 5) is 14.1. The average molecular weight is 284 g/mol. The summed E-state index contributed by atoms with van der Waals surface area (Å²) in [6.07, 6.45) is 4.85. The molecule has 0 aromatic heterocycles. The lowest BCUT2D eigenvalue weighted by molar-refractivity contribution is -0.145. The van der Waals surface area contributed by atoms with E-state index < -0.39 is 11.5 Å². The van der Waals surface area contributed by atoms with Gasteiger partial charge in [0, 0.05) is 6.04 Å². The molecule has 1 aliphatic heterocycles. The van der Waals surface area contributed by atoms with Crippen molar-refractivity contribution in [3.05, 3.63) is 0 Å². The molecule has 0 radical (unpaired) electrons. The van der Waals surface area contributed by atoms with Crippen LogP contribution in [0, 0.1) is 5.92 Å². The second-order valence-electron chi connectivity index (χ2n) is 6.39. The minimum Gasteiger partial charge on any atom is -0.480 e. The molecule has 4 heteroatoms. The molecule has 118 valence electrons. The molecule has 20 heavy (non-hydrogen) atoms. The predicted molar refractivity (Wildman–Crippen MR) is 83.0 cm³/mol. The van der Waals surface area contributed by atoms with Crippen molar-refractivity contribution in [1.82, 2.24) is 10.2 Å². The molecule has 1 rings (SSSR count). The lowest BCUT2D eigenvalue weighted by Gasteiger charge is -2.37. The van der Waals surface area contributed by atoms with Crippen molar-refractivity contribution in [1.29, 1.82) is 0 Å².